The molecule has 0 bridgehead atoms. The van der Waals surface area contributed by atoms with Crippen LogP contribution in [-0.2, 0) is 0 Å². The van der Waals surface area contributed by atoms with E-state index < -0.39 is 0 Å². The van der Waals surface area contributed by atoms with Crippen LogP contribution in [0.15, 0.2) is 0 Å². The fraction of sp³-hybridized carbons (Fsp3) is 1.00. The second kappa shape index (κ2) is 2.37. The fourth-order valence-corrected chi connectivity index (χ4v) is 2.41. The summed E-state index contributed by atoms with van der Waals surface area (Å²) in [5, 5.41) is 0. The summed E-state index contributed by atoms with van der Waals surface area (Å²) >= 11 is 4.22. The Balaban J connectivity index is 2.18. The third-order valence-corrected chi connectivity index (χ3v) is 2.93. The summed E-state index contributed by atoms with van der Waals surface area (Å²) in [7, 11) is 0. The topological polar surface area (TPSA) is 12.0 Å². The van der Waals surface area contributed by atoms with E-state index >= 15 is 0 Å². The Hall–Kier alpha value is 1.04. The quantitative estimate of drug-likeness (QED) is 0.283. The van der Waals surface area contributed by atoms with E-state index in [0.717, 1.165) is 4.05 Å². The van der Waals surface area contributed by atoms with Crippen molar-refractivity contribution in [2.75, 3.05) is 5.75 Å². The molecule has 0 saturated carbocycles. The van der Waals surface area contributed by atoms with Gasteiger partial charge >= 0.3 is 0 Å². The minimum Gasteiger partial charge on any atom is -0.251 e. The van der Waals surface area contributed by atoms with Crippen molar-refractivity contribution in [3.63, 3.8) is 0 Å². The van der Waals surface area contributed by atoms with Gasteiger partial charge in [0.15, 0.2) is 0 Å². The molecule has 1 atom stereocenters. The summed E-state index contributed by atoms with van der Waals surface area (Å²) in [4.78, 5) is 0. The van der Waals surface area contributed by atoms with Crippen molar-refractivity contribution in [2.24, 2.45) is 0 Å². The molecule has 0 spiro atoms. The highest BCUT2D eigenvalue weighted by molar-refractivity contribution is 14.1. The van der Waals surface area contributed by atoms with Gasteiger partial charge in [-0.05, 0) is 6.42 Å². The van der Waals surface area contributed by atoms with Crippen LogP contribution in [0.4, 0.5) is 0 Å². The second-order valence-electron chi connectivity index (χ2n) is 1.22. The summed E-state index contributed by atoms with van der Waals surface area (Å²) in [5.41, 5.74) is 0. The molecule has 1 aliphatic heterocycles. The third kappa shape index (κ3) is 1.27. The fourth-order valence-electron chi connectivity index (χ4n) is 0.371. The molecular weight excluding hydrogens is 209 g/mol. The number of nitrogens with one attached hydrogen (secondary N) is 1. The first-order valence-corrected chi connectivity index (χ1v) is 4.14. The van der Waals surface area contributed by atoms with Gasteiger partial charge in [0.05, 0.1) is 4.05 Å². The van der Waals surface area contributed by atoms with Crippen molar-refractivity contribution >= 4 is 34.5 Å². The lowest BCUT2D eigenvalue weighted by Crippen LogP contribution is -2.04. The average molecular weight is 215 g/mol. The first kappa shape index (κ1) is 5.18. The standard InChI is InChI=1S/C3H6INS/c4-3-1-2-6-5-3/h3,5H,1-2H2. The van der Waals surface area contributed by atoms with Crippen LogP contribution >= 0.6 is 34.5 Å². The van der Waals surface area contributed by atoms with Crippen molar-refractivity contribution in [1.29, 1.82) is 0 Å². The van der Waals surface area contributed by atoms with Gasteiger partial charge in [-0.1, -0.05) is 34.5 Å². The molecule has 0 amide bonds. The van der Waals surface area contributed by atoms with E-state index in [1.54, 1.807) is 0 Å². The molecule has 0 aromatic carbocycles. The van der Waals surface area contributed by atoms with E-state index in [-0.39, 0.29) is 0 Å². The average Bonchev–Trinajstić information content (AvgIpc) is 1.86. The molecule has 0 aromatic heterocycles. The molecule has 3 heteroatoms. The van der Waals surface area contributed by atoms with E-state index in [1.807, 2.05) is 11.9 Å². The zero-order chi connectivity index (χ0) is 4.41. The summed E-state index contributed by atoms with van der Waals surface area (Å²) in [6, 6.07) is 0. The van der Waals surface area contributed by atoms with Crippen LogP contribution in [-0.4, -0.2) is 9.80 Å². The smallest absolute Gasteiger partial charge is 0.0696 e. The molecule has 1 unspecified atom stereocenters. The Kier molecular flexibility index (Phi) is 2.05. The molecule has 1 aliphatic rings. The van der Waals surface area contributed by atoms with Crippen LogP contribution in [0, 0.1) is 0 Å². The molecule has 6 heavy (non-hydrogen) atoms. The predicted octanol–water partition coefficient (Wildman–Crippen LogP) is 1.39. The number of rotatable bonds is 0. The summed E-state index contributed by atoms with van der Waals surface area (Å²) in [5.74, 6) is 1.29. The molecule has 1 saturated heterocycles. The monoisotopic (exact) mass is 215 g/mol. The maximum atomic E-state index is 3.22. The molecular formula is C3H6INS. The first-order chi connectivity index (χ1) is 2.89. The Labute approximate surface area is 55.5 Å². The molecule has 1 fully saturated rings. The van der Waals surface area contributed by atoms with E-state index in [4.69, 9.17) is 0 Å². The van der Waals surface area contributed by atoms with Crippen LogP contribution in [0.25, 0.3) is 0 Å². The van der Waals surface area contributed by atoms with E-state index in [9.17, 15) is 0 Å². The van der Waals surface area contributed by atoms with Gasteiger partial charge in [-0.25, -0.2) is 0 Å². The lowest BCUT2D eigenvalue weighted by atomic mass is 10.5. The van der Waals surface area contributed by atoms with Gasteiger partial charge in [-0.2, -0.15) is 0 Å². The van der Waals surface area contributed by atoms with Crippen LogP contribution in [0.5, 0.6) is 0 Å². The SMILES string of the molecule is IC1CCSN1. The summed E-state index contributed by atoms with van der Waals surface area (Å²) in [6.07, 6.45) is 1.32. The lowest BCUT2D eigenvalue weighted by Gasteiger charge is -1.91. The summed E-state index contributed by atoms with van der Waals surface area (Å²) < 4.78 is 3.95. The molecule has 1 nitrogen and oxygen atoms in total. The van der Waals surface area contributed by atoms with E-state index in [0.29, 0.717) is 0 Å². The lowest BCUT2D eigenvalue weighted by molar-refractivity contribution is 0.906. The zero-order valence-corrected chi connectivity index (χ0v) is 6.25. The van der Waals surface area contributed by atoms with Crippen LogP contribution in [0.3, 0.4) is 0 Å². The minimum absolute atomic E-state index is 0.729. The van der Waals surface area contributed by atoms with Crippen molar-refractivity contribution < 1.29 is 0 Å². The number of halogens is 1. The van der Waals surface area contributed by atoms with Crippen molar-refractivity contribution in [2.45, 2.75) is 10.5 Å². The van der Waals surface area contributed by atoms with Gasteiger partial charge in [0.1, 0.15) is 0 Å². The highest BCUT2D eigenvalue weighted by Crippen LogP contribution is 2.16. The van der Waals surface area contributed by atoms with Crippen LogP contribution in [0.2, 0.25) is 0 Å². The molecule has 1 N–H and O–H groups in total. The van der Waals surface area contributed by atoms with Crippen molar-refractivity contribution in [3.8, 4) is 0 Å². The van der Waals surface area contributed by atoms with Gasteiger partial charge < -0.3 is 0 Å². The highest BCUT2D eigenvalue weighted by atomic mass is 127. The largest absolute Gasteiger partial charge is 0.251 e. The highest BCUT2D eigenvalue weighted by Gasteiger charge is 2.08. The van der Waals surface area contributed by atoms with Gasteiger partial charge in [0.2, 0.25) is 0 Å². The van der Waals surface area contributed by atoms with Crippen molar-refractivity contribution in [3.05, 3.63) is 0 Å². The van der Waals surface area contributed by atoms with E-state index in [2.05, 4.69) is 27.3 Å². The number of alkyl halides is 1. The predicted molar refractivity (Wildman–Crippen MR) is 38.0 cm³/mol. The molecule has 0 aromatic rings. The number of hydrogen-bond acceptors (Lipinski definition) is 2. The molecule has 1 rings (SSSR count). The van der Waals surface area contributed by atoms with E-state index in [1.165, 1.54) is 12.2 Å². The van der Waals surface area contributed by atoms with Gasteiger partial charge in [0.25, 0.3) is 0 Å². The third-order valence-electron chi connectivity index (χ3n) is 0.685. The number of hydrogen-bond donors (Lipinski definition) is 1. The Morgan fingerprint density at radius 1 is 1.83 bits per heavy atom. The Morgan fingerprint density at radius 3 is 2.83 bits per heavy atom. The molecule has 36 valence electrons. The van der Waals surface area contributed by atoms with Crippen molar-refractivity contribution in [1.82, 2.24) is 4.72 Å². The van der Waals surface area contributed by atoms with Gasteiger partial charge in [-0.15, -0.1) is 0 Å². The van der Waals surface area contributed by atoms with Crippen LogP contribution < -0.4 is 4.72 Å². The van der Waals surface area contributed by atoms with Gasteiger partial charge in [0, 0.05) is 5.75 Å². The Bertz CT molecular complexity index is 44.1. The van der Waals surface area contributed by atoms with Gasteiger partial charge in [-0.3, -0.25) is 4.72 Å². The normalized spacial score (nSPS) is 34.5. The summed E-state index contributed by atoms with van der Waals surface area (Å²) in [6.45, 7) is 0. The molecule has 0 aliphatic carbocycles. The maximum Gasteiger partial charge on any atom is 0.0696 e. The molecule has 0 radical (unpaired) electrons. The minimum atomic E-state index is 0.729. The second-order valence-corrected chi connectivity index (χ2v) is 3.66. The maximum absolute atomic E-state index is 3.22. The Morgan fingerprint density at radius 2 is 2.67 bits per heavy atom. The first-order valence-electron chi connectivity index (χ1n) is 1.91. The van der Waals surface area contributed by atoms with Crippen LogP contribution in [0.1, 0.15) is 6.42 Å². The molecule has 1 heterocycles. The zero-order valence-electron chi connectivity index (χ0n) is 3.28.